The number of benzene rings is 1. The second kappa shape index (κ2) is 15.5. The molecule has 0 aromatic heterocycles. The summed E-state index contributed by atoms with van der Waals surface area (Å²) in [5.74, 6) is -0.105. The van der Waals surface area contributed by atoms with Crippen LogP contribution in [0.5, 0.6) is 5.75 Å². The lowest BCUT2D eigenvalue weighted by molar-refractivity contribution is -0.134. The van der Waals surface area contributed by atoms with Gasteiger partial charge in [0, 0.05) is 11.4 Å². The Bertz CT molecular complexity index is 523. The van der Waals surface area contributed by atoms with E-state index in [0.717, 1.165) is 12.8 Å². The highest BCUT2D eigenvalue weighted by Gasteiger charge is 2.13. The molecule has 1 aromatic carbocycles. The molecule has 0 N–H and O–H groups in total. The van der Waals surface area contributed by atoms with Crippen LogP contribution in [0.3, 0.4) is 0 Å². The Morgan fingerprint density at radius 3 is 1.59 bits per heavy atom. The summed E-state index contributed by atoms with van der Waals surface area (Å²) in [7, 11) is 0. The molecule has 154 valence electrons. The molecule has 0 unspecified atom stereocenters. The van der Waals surface area contributed by atoms with Crippen LogP contribution in [-0.4, -0.2) is 5.97 Å². The maximum Gasteiger partial charge on any atom is 0.311 e. The van der Waals surface area contributed by atoms with Gasteiger partial charge in [0.1, 0.15) is 0 Å². The Kier molecular flexibility index (Phi) is 14.1. The van der Waals surface area contributed by atoms with E-state index in [-0.39, 0.29) is 21.8 Å². The van der Waals surface area contributed by atoms with Crippen LogP contribution in [0.4, 0.5) is 0 Å². The third-order valence-corrected chi connectivity index (χ3v) is 5.44. The Hall–Kier alpha value is -0.440. The predicted octanol–water partition coefficient (Wildman–Crippen LogP) is 9.03. The summed E-state index contributed by atoms with van der Waals surface area (Å²) in [5.41, 5.74) is 0. The number of rotatable bonds is 15. The standard InChI is InChI=1S/C22H33Cl3O2/c1-2-3-4-5-6-7-8-9-10-11-12-13-14-15-21(26)27-22-19(24)16-18(23)17-20(22)25/h16-17H,2-15H2,1H3. The highest BCUT2D eigenvalue weighted by atomic mass is 35.5. The van der Waals surface area contributed by atoms with E-state index in [1.54, 1.807) is 0 Å². The zero-order chi connectivity index (χ0) is 19.9. The van der Waals surface area contributed by atoms with Crippen LogP contribution >= 0.6 is 34.8 Å². The van der Waals surface area contributed by atoms with Crippen molar-refractivity contribution in [1.82, 2.24) is 0 Å². The average molecular weight is 436 g/mol. The van der Waals surface area contributed by atoms with E-state index in [4.69, 9.17) is 39.5 Å². The third-order valence-electron chi connectivity index (χ3n) is 4.66. The SMILES string of the molecule is CCCCCCCCCCCCCCCC(=O)Oc1c(Cl)cc(Cl)cc1Cl. The maximum atomic E-state index is 11.9. The van der Waals surface area contributed by atoms with Crippen LogP contribution in [0.2, 0.25) is 15.1 Å². The molecule has 1 rings (SSSR count). The first-order chi connectivity index (χ1) is 13.0. The van der Waals surface area contributed by atoms with Crippen LogP contribution in [0, 0.1) is 0 Å². The Morgan fingerprint density at radius 2 is 1.15 bits per heavy atom. The van der Waals surface area contributed by atoms with Crippen LogP contribution in [-0.2, 0) is 4.79 Å². The summed E-state index contributed by atoms with van der Waals surface area (Å²) in [6.07, 6.45) is 17.0. The molecule has 0 aliphatic heterocycles. The lowest BCUT2D eigenvalue weighted by atomic mass is 10.0. The molecule has 0 spiro atoms. The molecule has 0 saturated carbocycles. The highest BCUT2D eigenvalue weighted by molar-refractivity contribution is 6.40. The summed E-state index contributed by atoms with van der Waals surface area (Å²) >= 11 is 17.9. The van der Waals surface area contributed by atoms with E-state index < -0.39 is 0 Å². The lowest BCUT2D eigenvalue weighted by Crippen LogP contribution is -2.08. The number of carbonyl (C=O) groups excluding carboxylic acids is 1. The van der Waals surface area contributed by atoms with Gasteiger partial charge < -0.3 is 4.74 Å². The molecule has 0 heterocycles. The second-order valence-corrected chi connectivity index (χ2v) is 8.42. The smallest absolute Gasteiger partial charge is 0.311 e. The molecule has 0 amide bonds. The largest absolute Gasteiger partial charge is 0.423 e. The molecule has 5 heteroatoms. The molecule has 0 aliphatic carbocycles. The number of carbonyl (C=O) groups is 1. The number of esters is 1. The van der Waals surface area contributed by atoms with Crippen molar-refractivity contribution in [1.29, 1.82) is 0 Å². The maximum absolute atomic E-state index is 11.9. The predicted molar refractivity (Wildman–Crippen MR) is 117 cm³/mol. The highest BCUT2D eigenvalue weighted by Crippen LogP contribution is 2.36. The van der Waals surface area contributed by atoms with Crippen molar-refractivity contribution in [3.05, 3.63) is 27.2 Å². The molecule has 0 fully saturated rings. The quantitative estimate of drug-likeness (QED) is 0.156. The molecule has 0 radical (unpaired) electrons. The van der Waals surface area contributed by atoms with Crippen LogP contribution in [0.25, 0.3) is 0 Å². The van der Waals surface area contributed by atoms with Crippen LogP contribution < -0.4 is 4.74 Å². The minimum Gasteiger partial charge on any atom is -0.423 e. The number of ether oxygens (including phenoxy) is 1. The lowest BCUT2D eigenvalue weighted by Gasteiger charge is -2.08. The fourth-order valence-electron chi connectivity index (χ4n) is 3.08. The number of unbranched alkanes of at least 4 members (excludes halogenated alkanes) is 12. The van der Waals surface area contributed by atoms with Gasteiger partial charge in [0.2, 0.25) is 0 Å². The van der Waals surface area contributed by atoms with E-state index in [0.29, 0.717) is 11.4 Å². The normalized spacial score (nSPS) is 11.0. The molecule has 0 aliphatic rings. The Labute approximate surface area is 179 Å². The molecular formula is C22H33Cl3O2. The first-order valence-corrected chi connectivity index (χ1v) is 11.5. The van der Waals surface area contributed by atoms with E-state index >= 15 is 0 Å². The van der Waals surface area contributed by atoms with Gasteiger partial charge in [-0.3, -0.25) is 4.79 Å². The number of hydrogen-bond acceptors (Lipinski definition) is 2. The minimum atomic E-state index is -0.302. The van der Waals surface area contributed by atoms with Gasteiger partial charge in [0.25, 0.3) is 0 Å². The third kappa shape index (κ3) is 11.9. The molecule has 2 nitrogen and oxygen atoms in total. The van der Waals surface area contributed by atoms with Crippen molar-refractivity contribution < 1.29 is 9.53 Å². The molecule has 0 bridgehead atoms. The van der Waals surface area contributed by atoms with Gasteiger partial charge in [-0.2, -0.15) is 0 Å². The van der Waals surface area contributed by atoms with Gasteiger partial charge in [-0.1, -0.05) is 119 Å². The van der Waals surface area contributed by atoms with Crippen molar-refractivity contribution in [3.8, 4) is 5.75 Å². The van der Waals surface area contributed by atoms with Gasteiger partial charge in [0.15, 0.2) is 5.75 Å². The van der Waals surface area contributed by atoms with E-state index in [2.05, 4.69) is 6.92 Å². The van der Waals surface area contributed by atoms with Gasteiger partial charge in [0.05, 0.1) is 10.0 Å². The van der Waals surface area contributed by atoms with Crippen molar-refractivity contribution in [2.24, 2.45) is 0 Å². The summed E-state index contributed by atoms with van der Waals surface area (Å²) in [5, 5.41) is 0.929. The molecular weight excluding hydrogens is 403 g/mol. The fraction of sp³-hybridized carbons (Fsp3) is 0.682. The van der Waals surface area contributed by atoms with Crippen LogP contribution in [0.15, 0.2) is 12.1 Å². The van der Waals surface area contributed by atoms with Gasteiger partial charge in [-0.25, -0.2) is 0 Å². The van der Waals surface area contributed by atoms with Crippen LogP contribution in [0.1, 0.15) is 96.8 Å². The zero-order valence-corrected chi connectivity index (χ0v) is 18.8. The van der Waals surface area contributed by atoms with Gasteiger partial charge in [-0.15, -0.1) is 0 Å². The van der Waals surface area contributed by atoms with E-state index in [9.17, 15) is 4.79 Å². The van der Waals surface area contributed by atoms with Crippen molar-refractivity contribution in [3.63, 3.8) is 0 Å². The number of hydrogen-bond donors (Lipinski definition) is 0. The Balaban J connectivity index is 1.99. The molecule has 0 atom stereocenters. The monoisotopic (exact) mass is 434 g/mol. The van der Waals surface area contributed by atoms with E-state index in [1.165, 1.54) is 82.8 Å². The topological polar surface area (TPSA) is 26.3 Å². The van der Waals surface area contributed by atoms with Crippen molar-refractivity contribution in [2.45, 2.75) is 96.8 Å². The first kappa shape index (κ1) is 24.6. The molecule has 1 aromatic rings. The van der Waals surface area contributed by atoms with Gasteiger partial charge >= 0.3 is 5.97 Å². The average Bonchev–Trinajstić information content (AvgIpc) is 2.62. The summed E-state index contributed by atoms with van der Waals surface area (Å²) < 4.78 is 5.28. The van der Waals surface area contributed by atoms with E-state index in [1.807, 2.05) is 0 Å². The summed E-state index contributed by atoms with van der Waals surface area (Å²) in [6.45, 7) is 2.26. The molecule has 27 heavy (non-hydrogen) atoms. The summed E-state index contributed by atoms with van der Waals surface area (Å²) in [4.78, 5) is 11.9. The zero-order valence-electron chi connectivity index (χ0n) is 16.5. The van der Waals surface area contributed by atoms with Gasteiger partial charge in [-0.05, 0) is 18.6 Å². The first-order valence-electron chi connectivity index (χ1n) is 10.4. The van der Waals surface area contributed by atoms with Crippen molar-refractivity contribution in [2.75, 3.05) is 0 Å². The molecule has 0 saturated heterocycles. The summed E-state index contributed by atoms with van der Waals surface area (Å²) in [6, 6.07) is 3.03. The minimum absolute atomic E-state index is 0.197. The number of halogens is 3. The second-order valence-electron chi connectivity index (χ2n) is 7.17. The van der Waals surface area contributed by atoms with Crippen molar-refractivity contribution >= 4 is 40.8 Å². The Morgan fingerprint density at radius 1 is 0.741 bits per heavy atom. The fourth-order valence-corrected chi connectivity index (χ4v) is 3.97.